The molecule has 4 heteroatoms. The fourth-order valence-corrected chi connectivity index (χ4v) is 3.17. The summed E-state index contributed by atoms with van der Waals surface area (Å²) in [6.45, 7) is 9.53. The van der Waals surface area contributed by atoms with Crippen LogP contribution in [0.25, 0.3) is 0 Å². The largest absolute Gasteiger partial charge is 0.507 e. The van der Waals surface area contributed by atoms with Gasteiger partial charge < -0.3 is 10.2 Å². The number of carboxylic acid groups (broad SMARTS) is 1. The second-order valence-electron chi connectivity index (χ2n) is 5.22. The van der Waals surface area contributed by atoms with E-state index < -0.39 is 5.97 Å². The molecule has 100 valence electrons. The summed E-state index contributed by atoms with van der Waals surface area (Å²) in [5.74, 6) is -0.467. The van der Waals surface area contributed by atoms with E-state index in [1.54, 1.807) is 11.8 Å². The maximum atomic E-state index is 10.8. The van der Waals surface area contributed by atoms with Crippen molar-refractivity contribution >= 4 is 17.7 Å². The van der Waals surface area contributed by atoms with Crippen molar-refractivity contribution in [1.29, 1.82) is 0 Å². The highest BCUT2D eigenvalue weighted by molar-refractivity contribution is 8.00. The van der Waals surface area contributed by atoms with Crippen LogP contribution in [0.2, 0.25) is 0 Å². The summed E-state index contributed by atoms with van der Waals surface area (Å²) in [4.78, 5) is 11.9. The highest BCUT2D eigenvalue weighted by Gasteiger charge is 2.24. The Kier molecular flexibility index (Phi) is 4.32. The monoisotopic (exact) mass is 268 g/mol. The van der Waals surface area contributed by atoms with Gasteiger partial charge in [0.25, 0.3) is 0 Å². The lowest BCUT2D eigenvalue weighted by molar-refractivity contribution is -0.137. The molecule has 0 unspecified atom stereocenters. The Morgan fingerprint density at radius 2 is 1.83 bits per heavy atom. The molecular formula is C14H20O3S. The minimum Gasteiger partial charge on any atom is -0.507 e. The zero-order valence-corrected chi connectivity index (χ0v) is 12.3. The maximum absolute atomic E-state index is 10.8. The van der Waals surface area contributed by atoms with Crippen molar-refractivity contribution in [3.8, 4) is 5.75 Å². The Hall–Kier alpha value is -1.16. The van der Waals surface area contributed by atoms with Crippen LogP contribution in [0.3, 0.4) is 0 Å². The molecule has 0 radical (unpaired) electrons. The van der Waals surface area contributed by atoms with Gasteiger partial charge >= 0.3 is 5.97 Å². The van der Waals surface area contributed by atoms with E-state index in [4.69, 9.17) is 5.11 Å². The summed E-state index contributed by atoms with van der Waals surface area (Å²) >= 11 is 1.55. The van der Waals surface area contributed by atoms with E-state index in [1.165, 1.54) is 0 Å². The molecule has 1 aromatic rings. The molecule has 0 saturated carbocycles. The number of thioether (sulfide) groups is 1. The van der Waals surface area contributed by atoms with Crippen molar-refractivity contribution in [3.05, 3.63) is 22.8 Å². The molecule has 0 atom stereocenters. The van der Waals surface area contributed by atoms with Crippen molar-refractivity contribution in [3.63, 3.8) is 0 Å². The van der Waals surface area contributed by atoms with Crippen LogP contribution in [0.4, 0.5) is 0 Å². The van der Waals surface area contributed by atoms with Gasteiger partial charge in [0.2, 0.25) is 0 Å². The number of hydrogen-bond acceptors (Lipinski definition) is 3. The lowest BCUT2D eigenvalue weighted by Gasteiger charge is -2.24. The van der Waals surface area contributed by atoms with E-state index >= 15 is 0 Å². The third-order valence-electron chi connectivity index (χ3n) is 2.97. The van der Waals surface area contributed by atoms with Crippen molar-refractivity contribution in [1.82, 2.24) is 0 Å². The first-order valence-corrected chi connectivity index (χ1v) is 6.66. The van der Waals surface area contributed by atoms with E-state index in [1.807, 2.05) is 40.7 Å². The predicted molar refractivity (Wildman–Crippen MR) is 74.5 cm³/mol. The number of rotatable bonds is 4. The minimum absolute atomic E-state index is 0.107. The first-order valence-electron chi connectivity index (χ1n) is 5.84. The predicted octanol–water partition coefficient (Wildman–Crippen LogP) is 3.66. The molecule has 0 saturated heterocycles. The fourth-order valence-electron chi connectivity index (χ4n) is 1.84. The summed E-state index contributed by atoms with van der Waals surface area (Å²) < 4.78 is -0.369. The number of carboxylic acids is 1. The number of phenolic OH excluding ortho intramolecular Hbond substituents is 1. The molecule has 0 fully saturated rings. The Morgan fingerprint density at radius 1 is 1.28 bits per heavy atom. The topological polar surface area (TPSA) is 57.5 Å². The van der Waals surface area contributed by atoms with Gasteiger partial charge in [-0.3, -0.25) is 4.79 Å². The zero-order valence-electron chi connectivity index (χ0n) is 11.5. The zero-order chi connectivity index (χ0) is 14.1. The van der Waals surface area contributed by atoms with E-state index in [9.17, 15) is 9.90 Å². The summed E-state index contributed by atoms with van der Waals surface area (Å²) in [5, 5.41) is 18.7. The average molecular weight is 268 g/mol. The molecule has 3 nitrogen and oxygen atoms in total. The summed E-state index contributed by atoms with van der Waals surface area (Å²) in [6.07, 6.45) is 0.107. The third kappa shape index (κ3) is 3.42. The van der Waals surface area contributed by atoms with E-state index in [0.29, 0.717) is 5.75 Å². The van der Waals surface area contributed by atoms with Gasteiger partial charge in [-0.1, -0.05) is 0 Å². The molecule has 2 N–H and O–H groups in total. The normalized spacial score (nSPS) is 11.6. The average Bonchev–Trinajstić information content (AvgIpc) is 2.20. The molecule has 0 aliphatic rings. The van der Waals surface area contributed by atoms with E-state index in [0.717, 1.165) is 21.6 Å². The van der Waals surface area contributed by atoms with Crippen LogP contribution in [-0.4, -0.2) is 20.9 Å². The molecule has 0 bridgehead atoms. The van der Waals surface area contributed by atoms with Crippen LogP contribution in [0, 0.1) is 20.8 Å². The maximum Gasteiger partial charge on any atom is 0.304 e. The molecule has 0 spiro atoms. The molecule has 18 heavy (non-hydrogen) atoms. The van der Waals surface area contributed by atoms with E-state index in [2.05, 4.69) is 0 Å². The molecule has 0 aliphatic carbocycles. The van der Waals surface area contributed by atoms with E-state index in [-0.39, 0.29) is 11.2 Å². The van der Waals surface area contributed by atoms with Gasteiger partial charge in [0.15, 0.2) is 0 Å². The van der Waals surface area contributed by atoms with Crippen LogP contribution < -0.4 is 0 Å². The third-order valence-corrected chi connectivity index (χ3v) is 4.31. The van der Waals surface area contributed by atoms with Gasteiger partial charge in [-0.05, 0) is 57.4 Å². The number of carbonyl (C=O) groups is 1. The quantitative estimate of drug-likeness (QED) is 0.818. The number of aliphatic carboxylic acids is 1. The molecule has 1 aromatic carbocycles. The first kappa shape index (κ1) is 14.9. The van der Waals surface area contributed by atoms with Crippen molar-refractivity contribution < 1.29 is 15.0 Å². The molecular weight excluding hydrogens is 248 g/mol. The standard InChI is InChI=1S/C14H20O3S/c1-8-6-11(9(2)10(3)13(8)17)18-14(4,5)7-12(15)16/h6,17H,7H2,1-5H3,(H,15,16). The fraction of sp³-hybridized carbons (Fsp3) is 0.500. The summed E-state index contributed by atoms with van der Waals surface area (Å²) in [6, 6.07) is 1.92. The second kappa shape index (κ2) is 5.22. The summed E-state index contributed by atoms with van der Waals surface area (Å²) in [7, 11) is 0. The summed E-state index contributed by atoms with van der Waals surface area (Å²) in [5.41, 5.74) is 2.71. The Balaban J connectivity index is 3.09. The molecule has 0 amide bonds. The molecule has 0 aromatic heterocycles. The van der Waals surface area contributed by atoms with Crippen LogP contribution >= 0.6 is 11.8 Å². The number of hydrogen-bond donors (Lipinski definition) is 2. The van der Waals surface area contributed by atoms with Crippen molar-refractivity contribution in [2.75, 3.05) is 0 Å². The van der Waals surface area contributed by atoms with Gasteiger partial charge in [-0.15, -0.1) is 11.8 Å². The molecule has 0 heterocycles. The van der Waals surface area contributed by atoms with Crippen LogP contribution in [0.1, 0.15) is 37.0 Å². The highest BCUT2D eigenvalue weighted by atomic mass is 32.2. The van der Waals surface area contributed by atoms with Gasteiger partial charge in [0.1, 0.15) is 5.75 Å². The lowest BCUT2D eigenvalue weighted by Crippen LogP contribution is -2.19. The minimum atomic E-state index is -0.794. The van der Waals surface area contributed by atoms with Crippen LogP contribution in [0.15, 0.2) is 11.0 Å². The molecule has 0 aliphatic heterocycles. The number of benzene rings is 1. The first-order chi connectivity index (χ1) is 8.14. The van der Waals surface area contributed by atoms with Crippen LogP contribution in [-0.2, 0) is 4.79 Å². The van der Waals surface area contributed by atoms with Crippen LogP contribution in [0.5, 0.6) is 5.75 Å². The Bertz CT molecular complexity index is 478. The smallest absolute Gasteiger partial charge is 0.304 e. The Morgan fingerprint density at radius 3 is 2.33 bits per heavy atom. The second-order valence-corrected chi connectivity index (χ2v) is 6.97. The van der Waals surface area contributed by atoms with Gasteiger partial charge in [-0.2, -0.15) is 0 Å². The van der Waals surface area contributed by atoms with Crippen molar-refractivity contribution in [2.45, 2.75) is 50.7 Å². The number of aryl methyl sites for hydroxylation is 1. The highest BCUT2D eigenvalue weighted by Crippen LogP contribution is 2.40. The number of aromatic hydroxyl groups is 1. The SMILES string of the molecule is Cc1cc(SC(C)(C)CC(=O)O)c(C)c(C)c1O. The van der Waals surface area contributed by atoms with Gasteiger partial charge in [-0.25, -0.2) is 0 Å². The Labute approximate surface area is 112 Å². The number of phenols is 1. The van der Waals surface area contributed by atoms with Gasteiger partial charge in [0.05, 0.1) is 6.42 Å². The van der Waals surface area contributed by atoms with Crippen molar-refractivity contribution in [2.24, 2.45) is 0 Å². The van der Waals surface area contributed by atoms with Gasteiger partial charge in [0, 0.05) is 9.64 Å². The molecule has 1 rings (SSSR count). The lowest BCUT2D eigenvalue weighted by atomic mass is 10.1.